The summed E-state index contributed by atoms with van der Waals surface area (Å²) in [6.45, 7) is 5.21. The molecule has 1 aliphatic carbocycles. The maximum Gasteiger partial charge on any atom is 0.328 e. The van der Waals surface area contributed by atoms with Crippen LogP contribution in [-0.2, 0) is 4.79 Å². The fourth-order valence-corrected chi connectivity index (χ4v) is 9.18. The van der Waals surface area contributed by atoms with Crippen LogP contribution < -0.4 is 25.2 Å². The third kappa shape index (κ3) is 8.20. The Morgan fingerprint density at radius 3 is 2.43 bits per heavy atom. The van der Waals surface area contributed by atoms with E-state index in [1.165, 1.54) is 6.07 Å². The van der Waals surface area contributed by atoms with Crippen LogP contribution in [0.1, 0.15) is 79.8 Å². The average molecular weight is 780 g/mol. The number of nitriles is 1. The zero-order valence-electron chi connectivity index (χ0n) is 31.4. The number of aromatic nitrogens is 1. The minimum absolute atomic E-state index is 0.0141. The van der Waals surface area contributed by atoms with Crippen LogP contribution in [0.15, 0.2) is 66.9 Å². The predicted molar refractivity (Wildman–Crippen MR) is 214 cm³/mol. The van der Waals surface area contributed by atoms with Crippen molar-refractivity contribution < 1.29 is 23.5 Å². The van der Waals surface area contributed by atoms with E-state index in [1.54, 1.807) is 29.2 Å². The number of rotatable bonds is 9. The number of benzene rings is 3. The van der Waals surface area contributed by atoms with Crippen molar-refractivity contribution in [3.05, 3.63) is 88.8 Å². The van der Waals surface area contributed by atoms with Gasteiger partial charge in [-0.1, -0.05) is 17.7 Å². The Labute approximate surface area is 331 Å². The molecule has 4 aromatic rings. The standard InChI is InChI=1S/C43H47ClFN7O4/c44-37-25-34(8-4-29(37)26-46)56-33-9-5-30(6-10-33)47-42(54)35-11-7-32(24-38(35)45)50-20-12-28(13-21-50)27-49-18-14-31(15-19-49)51-22-16-36-39(51)2-1-3-40(36)52-23-17-41(53)48-43(52)55/h1-4,7-8,11,16,22,24-25,28,30-31,33H,5-6,9-10,12-15,17-21,23,27H2,(H,47,54)(H,48,53,55)/t30-,33-. The van der Waals surface area contributed by atoms with Gasteiger partial charge in [-0.05, 0) is 106 Å². The molecule has 56 heavy (non-hydrogen) atoms. The molecule has 1 saturated carbocycles. The lowest BCUT2D eigenvalue weighted by molar-refractivity contribution is -0.120. The topological polar surface area (TPSA) is 123 Å². The fraction of sp³-hybridized carbons (Fsp3) is 0.442. The predicted octanol–water partition coefficient (Wildman–Crippen LogP) is 7.43. The molecule has 3 aliphatic heterocycles. The van der Waals surface area contributed by atoms with Crippen LogP contribution in [0.25, 0.3) is 10.9 Å². The normalized spacial score (nSPS) is 21.5. The molecule has 0 spiro atoms. The van der Waals surface area contributed by atoms with Gasteiger partial charge >= 0.3 is 6.03 Å². The van der Waals surface area contributed by atoms with Crippen LogP contribution in [0.3, 0.4) is 0 Å². The van der Waals surface area contributed by atoms with Gasteiger partial charge in [0, 0.05) is 81.1 Å². The Kier molecular flexibility index (Phi) is 11.2. The summed E-state index contributed by atoms with van der Waals surface area (Å²) in [5.74, 6) is 0.0815. The summed E-state index contributed by atoms with van der Waals surface area (Å²) in [7, 11) is 0. The van der Waals surface area contributed by atoms with Gasteiger partial charge < -0.3 is 24.4 Å². The first kappa shape index (κ1) is 37.8. The van der Waals surface area contributed by atoms with Crippen molar-refractivity contribution in [3.8, 4) is 11.8 Å². The number of anilines is 2. The molecule has 8 rings (SSSR count). The molecule has 13 heteroatoms. The largest absolute Gasteiger partial charge is 0.490 e. The highest BCUT2D eigenvalue weighted by Crippen LogP contribution is 2.35. The second-order valence-electron chi connectivity index (χ2n) is 15.6. The van der Waals surface area contributed by atoms with E-state index in [9.17, 15) is 14.4 Å². The summed E-state index contributed by atoms with van der Waals surface area (Å²) in [4.78, 5) is 43.8. The third-order valence-corrected chi connectivity index (χ3v) is 12.4. The summed E-state index contributed by atoms with van der Waals surface area (Å²) in [6, 6.07) is 20.2. The number of ether oxygens (including phenoxy) is 1. The van der Waals surface area contributed by atoms with E-state index in [-0.39, 0.29) is 35.6 Å². The highest BCUT2D eigenvalue weighted by atomic mass is 35.5. The van der Waals surface area contributed by atoms with E-state index >= 15 is 4.39 Å². The highest BCUT2D eigenvalue weighted by molar-refractivity contribution is 6.31. The second kappa shape index (κ2) is 16.5. The molecule has 3 aromatic carbocycles. The molecule has 0 bridgehead atoms. The molecule has 1 aromatic heterocycles. The van der Waals surface area contributed by atoms with Gasteiger partial charge in [-0.15, -0.1) is 0 Å². The Morgan fingerprint density at radius 2 is 1.71 bits per heavy atom. The van der Waals surface area contributed by atoms with Gasteiger partial charge in [0.15, 0.2) is 0 Å². The first-order chi connectivity index (χ1) is 27.2. The Bertz CT molecular complexity index is 2150. The number of carbonyl (C=O) groups excluding carboxylic acids is 3. The lowest BCUT2D eigenvalue weighted by atomic mass is 9.92. The summed E-state index contributed by atoms with van der Waals surface area (Å²) in [6.07, 6.45) is 9.55. The molecular formula is C43H47ClFN7O4. The number of hydrogen-bond acceptors (Lipinski definition) is 7. The Balaban J connectivity index is 0.775. The van der Waals surface area contributed by atoms with Crippen LogP contribution >= 0.6 is 11.6 Å². The first-order valence-electron chi connectivity index (χ1n) is 19.9. The molecule has 0 atom stereocenters. The number of amides is 4. The molecule has 11 nitrogen and oxygen atoms in total. The molecule has 4 fully saturated rings. The minimum atomic E-state index is -0.500. The molecular weight excluding hydrogens is 733 g/mol. The lowest BCUT2D eigenvalue weighted by Gasteiger charge is -2.38. The van der Waals surface area contributed by atoms with Crippen LogP contribution in [0.4, 0.5) is 20.6 Å². The molecule has 2 N–H and O–H groups in total. The van der Waals surface area contributed by atoms with Crippen molar-refractivity contribution in [2.24, 2.45) is 5.92 Å². The van der Waals surface area contributed by atoms with Crippen molar-refractivity contribution >= 4 is 51.7 Å². The number of urea groups is 1. The van der Waals surface area contributed by atoms with Crippen molar-refractivity contribution in [2.45, 2.75) is 76.0 Å². The molecule has 4 amide bonds. The van der Waals surface area contributed by atoms with Gasteiger partial charge in [0.1, 0.15) is 17.6 Å². The van der Waals surface area contributed by atoms with E-state index < -0.39 is 5.82 Å². The summed E-state index contributed by atoms with van der Waals surface area (Å²) >= 11 is 6.14. The number of nitrogens with one attached hydrogen (secondary N) is 2. The number of hydrogen-bond donors (Lipinski definition) is 2. The quantitative estimate of drug-likeness (QED) is 0.181. The monoisotopic (exact) mass is 779 g/mol. The molecule has 0 unspecified atom stereocenters. The number of fused-ring (bicyclic) bond motifs is 1. The molecule has 4 heterocycles. The maximum absolute atomic E-state index is 15.4. The zero-order valence-corrected chi connectivity index (χ0v) is 32.1. The molecule has 4 aliphatic rings. The third-order valence-electron chi connectivity index (χ3n) is 12.1. The van der Waals surface area contributed by atoms with Crippen LogP contribution in [-0.4, -0.2) is 78.7 Å². The average Bonchev–Trinajstić information content (AvgIpc) is 3.64. The number of carbonyl (C=O) groups is 3. The Morgan fingerprint density at radius 1 is 0.929 bits per heavy atom. The first-order valence-corrected chi connectivity index (χ1v) is 20.2. The maximum atomic E-state index is 15.4. The zero-order chi connectivity index (χ0) is 38.8. The molecule has 3 saturated heterocycles. The van der Waals surface area contributed by atoms with Gasteiger partial charge in [-0.3, -0.25) is 19.8 Å². The number of nitrogens with zero attached hydrogens (tertiary/aromatic N) is 5. The van der Waals surface area contributed by atoms with E-state index in [1.807, 2.05) is 24.3 Å². The van der Waals surface area contributed by atoms with Crippen molar-refractivity contribution in [1.82, 2.24) is 20.1 Å². The van der Waals surface area contributed by atoms with Crippen molar-refractivity contribution in [1.29, 1.82) is 5.26 Å². The fourth-order valence-electron chi connectivity index (χ4n) is 8.96. The molecule has 292 valence electrons. The number of imide groups is 1. The second-order valence-corrected chi connectivity index (χ2v) is 16.0. The van der Waals surface area contributed by atoms with Gasteiger partial charge in [0.2, 0.25) is 5.91 Å². The summed E-state index contributed by atoms with van der Waals surface area (Å²) in [5, 5.41) is 15.9. The molecule has 0 radical (unpaired) electrons. The SMILES string of the molecule is N#Cc1ccc(O[C@H]2CC[C@H](NC(=O)c3ccc(N4CCC(CN5CCC(n6ccc7c(N8CCC(=O)NC8=O)cccc76)CC5)CC4)cc3F)CC2)cc1Cl. The minimum Gasteiger partial charge on any atom is -0.490 e. The van der Waals surface area contributed by atoms with Crippen LogP contribution in [0, 0.1) is 23.1 Å². The summed E-state index contributed by atoms with van der Waals surface area (Å²) in [5.41, 5.74) is 3.24. The van der Waals surface area contributed by atoms with Crippen molar-refractivity contribution in [2.75, 3.05) is 49.1 Å². The van der Waals surface area contributed by atoms with E-state index in [2.05, 4.69) is 43.3 Å². The highest BCUT2D eigenvalue weighted by Gasteiger charge is 2.30. The Hall–Kier alpha value is -5.12. The number of halogens is 2. The number of likely N-dealkylation sites (tertiary alicyclic amines) is 1. The van der Waals surface area contributed by atoms with Gasteiger partial charge in [-0.2, -0.15) is 5.26 Å². The summed E-state index contributed by atoms with van der Waals surface area (Å²) < 4.78 is 23.8. The van der Waals surface area contributed by atoms with E-state index in [4.69, 9.17) is 21.6 Å². The van der Waals surface area contributed by atoms with Crippen LogP contribution in [0.2, 0.25) is 5.02 Å². The number of piperidine rings is 2. The lowest BCUT2D eigenvalue weighted by Crippen LogP contribution is -2.49. The van der Waals surface area contributed by atoms with Gasteiger partial charge in [0.25, 0.3) is 5.91 Å². The van der Waals surface area contributed by atoms with Gasteiger partial charge in [-0.25, -0.2) is 9.18 Å². The van der Waals surface area contributed by atoms with E-state index in [0.29, 0.717) is 41.3 Å². The van der Waals surface area contributed by atoms with Crippen molar-refractivity contribution in [3.63, 3.8) is 0 Å². The smallest absolute Gasteiger partial charge is 0.328 e. The van der Waals surface area contributed by atoms with Crippen LogP contribution in [0.5, 0.6) is 5.75 Å². The van der Waals surface area contributed by atoms with E-state index in [0.717, 1.165) is 106 Å². The van der Waals surface area contributed by atoms with Gasteiger partial charge in [0.05, 0.1) is 33.5 Å².